The lowest BCUT2D eigenvalue weighted by atomic mass is 10.00. The monoisotopic (exact) mass is 402 g/mol. The number of ether oxygens (including phenoxy) is 1. The quantitative estimate of drug-likeness (QED) is 0.853. The minimum atomic E-state index is -3.47. The van der Waals surface area contributed by atoms with Crippen LogP contribution in [-0.4, -0.2) is 33.2 Å². The first kappa shape index (κ1) is 20.2. The largest absolute Gasteiger partial charge is 0.478 e. The molecule has 28 heavy (non-hydrogen) atoms. The van der Waals surface area contributed by atoms with E-state index in [1.54, 1.807) is 24.3 Å². The number of carbonyl (C=O) groups excluding carboxylic acids is 1. The maximum absolute atomic E-state index is 12.9. The molecule has 2 aromatic rings. The zero-order valence-electron chi connectivity index (χ0n) is 16.6. The van der Waals surface area contributed by atoms with Crippen LogP contribution in [0.1, 0.15) is 36.1 Å². The Bertz CT molecular complexity index is 988. The lowest BCUT2D eigenvalue weighted by Crippen LogP contribution is -2.41. The van der Waals surface area contributed by atoms with Crippen LogP contribution in [0.2, 0.25) is 0 Å². The number of amides is 1. The first-order valence-corrected chi connectivity index (χ1v) is 11.1. The molecule has 0 saturated carbocycles. The van der Waals surface area contributed by atoms with Gasteiger partial charge in [-0.1, -0.05) is 35.9 Å². The molecule has 0 bridgehead atoms. The van der Waals surface area contributed by atoms with Gasteiger partial charge in [0.25, 0.3) is 5.91 Å². The number of anilines is 1. The summed E-state index contributed by atoms with van der Waals surface area (Å²) in [5, 5.41) is 3.01. The number of benzene rings is 2. The third kappa shape index (κ3) is 4.30. The molecule has 0 radical (unpaired) electrons. The molecule has 0 spiro atoms. The van der Waals surface area contributed by atoms with Crippen LogP contribution in [0.3, 0.4) is 0 Å². The molecule has 1 aliphatic heterocycles. The summed E-state index contributed by atoms with van der Waals surface area (Å²) in [7, 11) is -3.47. The number of nitrogens with zero attached hydrogens (tertiary/aromatic N) is 1. The van der Waals surface area contributed by atoms with Gasteiger partial charge in [0.2, 0.25) is 10.0 Å². The van der Waals surface area contributed by atoms with Gasteiger partial charge in [-0.3, -0.25) is 9.10 Å². The molecule has 0 saturated heterocycles. The van der Waals surface area contributed by atoms with E-state index < -0.39 is 16.1 Å². The number of nitrogens with one attached hydrogen (secondary N) is 1. The molecule has 1 aliphatic rings. The molecule has 1 heterocycles. The third-order valence-corrected chi connectivity index (χ3v) is 6.12. The van der Waals surface area contributed by atoms with E-state index >= 15 is 0 Å². The van der Waals surface area contributed by atoms with Gasteiger partial charge in [0, 0.05) is 13.0 Å². The fourth-order valence-corrected chi connectivity index (χ4v) is 4.50. The number of hydrogen-bond donors (Lipinski definition) is 1. The molecule has 0 aliphatic carbocycles. The summed E-state index contributed by atoms with van der Waals surface area (Å²) in [6, 6.07) is 12.8. The van der Waals surface area contributed by atoms with Gasteiger partial charge >= 0.3 is 0 Å². The highest BCUT2D eigenvalue weighted by atomic mass is 32.2. The summed E-state index contributed by atoms with van der Waals surface area (Å²) >= 11 is 0. The number of rotatable bonds is 4. The molecule has 6 nitrogen and oxygen atoms in total. The van der Waals surface area contributed by atoms with Crippen LogP contribution in [0.15, 0.2) is 42.5 Å². The second kappa shape index (κ2) is 7.83. The highest BCUT2D eigenvalue weighted by Crippen LogP contribution is 2.34. The van der Waals surface area contributed by atoms with E-state index in [4.69, 9.17) is 4.74 Å². The maximum Gasteiger partial charge on any atom is 0.261 e. The van der Waals surface area contributed by atoms with Crippen LogP contribution in [0.4, 0.5) is 5.69 Å². The van der Waals surface area contributed by atoms with Crippen molar-refractivity contribution < 1.29 is 17.9 Å². The molecular weight excluding hydrogens is 376 g/mol. The highest BCUT2D eigenvalue weighted by molar-refractivity contribution is 7.92. The molecule has 3 rings (SSSR count). The summed E-state index contributed by atoms with van der Waals surface area (Å²) in [5.41, 5.74) is 3.79. The molecular formula is C21H26N2O4S. The average molecular weight is 403 g/mol. The molecule has 1 N–H and O–H groups in total. The van der Waals surface area contributed by atoms with Crippen molar-refractivity contribution in [3.8, 4) is 5.75 Å². The van der Waals surface area contributed by atoms with Crippen LogP contribution in [0.5, 0.6) is 5.75 Å². The van der Waals surface area contributed by atoms with Crippen LogP contribution in [0, 0.1) is 13.8 Å². The van der Waals surface area contributed by atoms with E-state index in [0.717, 1.165) is 17.4 Å². The Morgan fingerprint density at radius 2 is 1.93 bits per heavy atom. The van der Waals surface area contributed by atoms with E-state index in [1.165, 1.54) is 9.87 Å². The number of para-hydroxylation sites is 2. The fraction of sp³-hybridized carbons (Fsp3) is 0.381. The second-order valence-electron chi connectivity index (χ2n) is 7.29. The molecule has 0 fully saturated rings. The van der Waals surface area contributed by atoms with Crippen molar-refractivity contribution in [3.05, 3.63) is 59.2 Å². The van der Waals surface area contributed by atoms with Crippen molar-refractivity contribution in [1.29, 1.82) is 0 Å². The summed E-state index contributed by atoms with van der Waals surface area (Å²) in [4.78, 5) is 12.9. The van der Waals surface area contributed by atoms with Crippen molar-refractivity contribution in [2.45, 2.75) is 39.3 Å². The first-order chi connectivity index (χ1) is 13.2. The van der Waals surface area contributed by atoms with Gasteiger partial charge in [0.1, 0.15) is 5.75 Å². The maximum atomic E-state index is 12.9. The van der Waals surface area contributed by atoms with E-state index in [0.29, 0.717) is 11.4 Å². The molecule has 0 aromatic heterocycles. The molecule has 150 valence electrons. The molecule has 0 unspecified atom stereocenters. The smallest absolute Gasteiger partial charge is 0.261 e. The Morgan fingerprint density at radius 1 is 1.21 bits per heavy atom. The van der Waals surface area contributed by atoms with Crippen molar-refractivity contribution in [3.63, 3.8) is 0 Å². The number of fused-ring (bicyclic) bond motifs is 1. The molecule has 1 amide bonds. The molecule has 7 heteroatoms. The van der Waals surface area contributed by atoms with Crippen LogP contribution >= 0.6 is 0 Å². The Balaban J connectivity index is 1.80. The summed E-state index contributed by atoms with van der Waals surface area (Å²) in [5.74, 6) is 0.141. The predicted octanol–water partition coefficient (Wildman–Crippen LogP) is 3.10. The predicted molar refractivity (Wildman–Crippen MR) is 110 cm³/mol. The van der Waals surface area contributed by atoms with Gasteiger partial charge in [0.15, 0.2) is 6.10 Å². The molecule has 2 atom stereocenters. The van der Waals surface area contributed by atoms with Gasteiger partial charge in [-0.2, -0.15) is 0 Å². The average Bonchev–Trinajstić information content (AvgIpc) is 2.81. The zero-order chi connectivity index (χ0) is 20.5. The minimum absolute atomic E-state index is 0.179. The van der Waals surface area contributed by atoms with Crippen molar-refractivity contribution in [1.82, 2.24) is 5.32 Å². The Labute approximate surface area is 166 Å². The van der Waals surface area contributed by atoms with E-state index in [-0.39, 0.29) is 24.9 Å². The normalized spacial score (nSPS) is 17.9. The van der Waals surface area contributed by atoms with Crippen molar-refractivity contribution in [2.75, 3.05) is 17.1 Å². The standard InChI is InChI=1S/C21H26N2O4S/c1-14-9-10-17(15(2)13-14)16(3)22-21(24)20-11-12-23(28(4,25)26)18-7-5-6-8-19(18)27-20/h5-10,13,16,20H,11-12H2,1-4H3,(H,22,24)/t16-,20-/m0/s1. The Morgan fingerprint density at radius 3 is 2.61 bits per heavy atom. The SMILES string of the molecule is Cc1ccc([C@H](C)NC(=O)[C@@H]2CCN(S(C)(=O)=O)c3ccccc3O2)c(C)c1. The Kier molecular flexibility index (Phi) is 5.65. The van der Waals surface area contributed by atoms with E-state index in [1.807, 2.05) is 32.9 Å². The lowest BCUT2D eigenvalue weighted by molar-refractivity contribution is -0.128. The van der Waals surface area contributed by atoms with Gasteiger partial charge < -0.3 is 10.1 Å². The van der Waals surface area contributed by atoms with Gasteiger partial charge in [-0.25, -0.2) is 8.42 Å². The minimum Gasteiger partial charge on any atom is -0.478 e. The topological polar surface area (TPSA) is 75.7 Å². The van der Waals surface area contributed by atoms with Crippen LogP contribution in [-0.2, 0) is 14.8 Å². The van der Waals surface area contributed by atoms with E-state index in [2.05, 4.69) is 11.4 Å². The summed E-state index contributed by atoms with van der Waals surface area (Å²) in [6.45, 7) is 6.17. The van der Waals surface area contributed by atoms with Crippen LogP contribution < -0.4 is 14.4 Å². The van der Waals surface area contributed by atoms with Crippen LogP contribution in [0.25, 0.3) is 0 Å². The number of carbonyl (C=O) groups is 1. The summed E-state index contributed by atoms with van der Waals surface area (Å²) < 4.78 is 31.6. The highest BCUT2D eigenvalue weighted by Gasteiger charge is 2.31. The Hall–Kier alpha value is -2.54. The van der Waals surface area contributed by atoms with Crippen molar-refractivity contribution >= 4 is 21.6 Å². The summed E-state index contributed by atoms with van der Waals surface area (Å²) in [6.07, 6.45) is 0.667. The fourth-order valence-electron chi connectivity index (χ4n) is 3.55. The third-order valence-electron chi connectivity index (χ3n) is 4.94. The number of aryl methyl sites for hydroxylation is 2. The molecule has 2 aromatic carbocycles. The van der Waals surface area contributed by atoms with Gasteiger partial charge in [-0.15, -0.1) is 0 Å². The second-order valence-corrected chi connectivity index (χ2v) is 9.20. The van der Waals surface area contributed by atoms with Crippen molar-refractivity contribution in [2.24, 2.45) is 0 Å². The first-order valence-electron chi connectivity index (χ1n) is 9.27. The van der Waals surface area contributed by atoms with Gasteiger partial charge in [-0.05, 0) is 44.0 Å². The zero-order valence-corrected chi connectivity index (χ0v) is 17.4. The number of hydrogen-bond acceptors (Lipinski definition) is 4. The lowest BCUT2D eigenvalue weighted by Gasteiger charge is -2.21. The van der Waals surface area contributed by atoms with Gasteiger partial charge in [0.05, 0.1) is 18.0 Å². The van der Waals surface area contributed by atoms with E-state index in [9.17, 15) is 13.2 Å². The number of sulfonamides is 1.